The van der Waals surface area contributed by atoms with Gasteiger partial charge in [-0.05, 0) is 19.8 Å². The Labute approximate surface area is 189 Å². The molecule has 104 valence electrons. The van der Waals surface area contributed by atoms with Gasteiger partial charge in [-0.15, -0.1) is 6.04 Å². The third-order valence-corrected chi connectivity index (χ3v) is 3.36. The summed E-state index contributed by atoms with van der Waals surface area (Å²) in [7, 11) is -4.67. The Bertz CT molecular complexity index is 200. The normalized spacial score (nSPS) is 13.5. The van der Waals surface area contributed by atoms with E-state index in [1.54, 1.807) is 0 Å². The molecule has 0 aromatic heterocycles. The minimum Gasteiger partial charge on any atom is -0.881 e. The average Bonchev–Trinajstić information content (AvgIpc) is 2.23. The van der Waals surface area contributed by atoms with Gasteiger partial charge in [-0.25, -0.2) is 0 Å². The molecule has 0 bridgehead atoms. The minimum atomic E-state index is -4.67. The maximum Gasteiger partial charge on any atom is 1.00 e. The quantitative estimate of drug-likeness (QED) is 0.303. The zero-order valence-electron chi connectivity index (χ0n) is 13.5. The molecule has 2 N–H and O–H groups in total. The summed E-state index contributed by atoms with van der Waals surface area (Å²) in [5.74, 6) is 0. The molecule has 0 saturated heterocycles. The Hall–Kier alpha value is 2.98. The van der Waals surface area contributed by atoms with Gasteiger partial charge in [0.1, 0.15) is 0 Å². The largest absolute Gasteiger partial charge is 1.00 e. The Morgan fingerprint density at radius 3 is 2.20 bits per heavy atom. The fourth-order valence-electron chi connectivity index (χ4n) is 1.15. The van der Waals surface area contributed by atoms with Crippen molar-refractivity contribution in [3.8, 4) is 0 Å². The molecule has 0 aromatic rings. The van der Waals surface area contributed by atoms with Crippen LogP contribution in [0.4, 0.5) is 0 Å². The van der Waals surface area contributed by atoms with Crippen LogP contribution in [-0.4, -0.2) is 45.8 Å². The van der Waals surface area contributed by atoms with Crippen molar-refractivity contribution in [3.05, 3.63) is 0 Å². The van der Waals surface area contributed by atoms with Crippen molar-refractivity contribution in [2.24, 2.45) is 0 Å². The Morgan fingerprint density at radius 2 is 1.75 bits per heavy atom. The van der Waals surface area contributed by atoms with Crippen molar-refractivity contribution in [3.63, 3.8) is 0 Å². The fraction of sp³-hybridized carbons (Fsp3) is 1.00. The van der Waals surface area contributed by atoms with Gasteiger partial charge in [-0.3, -0.25) is 8.80 Å². The molecule has 6 nitrogen and oxygen atoms in total. The van der Waals surface area contributed by atoms with E-state index in [1.165, 1.54) is 0 Å². The summed E-state index contributed by atoms with van der Waals surface area (Å²) in [5, 5.41) is 12.6. The van der Waals surface area contributed by atoms with Crippen molar-refractivity contribution in [2.75, 3.05) is 19.8 Å². The molecule has 0 saturated carbocycles. The SMILES string of the molecule is CCC(C)NCC(O)COCCC[Si]([O-])([O-])[O-].[Na+].[Na+].[Na+]. The standard InChI is InChI=1S/C10H22NO5Si.3Na/c1-3-9(2)11-7-10(12)8-16-5-4-6-17(13,14)15;;;/h9-12H,3-8H2,1-2H3;;;/q-3;3*+1. The van der Waals surface area contributed by atoms with Crippen LogP contribution in [0.2, 0.25) is 6.04 Å². The predicted molar refractivity (Wildman–Crippen MR) is 59.8 cm³/mol. The van der Waals surface area contributed by atoms with Gasteiger partial charge in [0, 0.05) is 19.2 Å². The van der Waals surface area contributed by atoms with Crippen LogP contribution in [0, 0.1) is 0 Å². The molecular formula is C10H22NNa3O5Si. The molecule has 2 atom stereocenters. The summed E-state index contributed by atoms with van der Waals surface area (Å²) in [6, 6.07) is -0.0218. The summed E-state index contributed by atoms with van der Waals surface area (Å²) in [5.41, 5.74) is 0. The van der Waals surface area contributed by atoms with E-state index in [-0.39, 0.29) is 114 Å². The first-order valence-corrected chi connectivity index (χ1v) is 7.88. The van der Waals surface area contributed by atoms with Crippen LogP contribution in [-0.2, 0) is 4.74 Å². The number of hydrogen-bond acceptors (Lipinski definition) is 6. The average molecular weight is 333 g/mol. The zero-order valence-corrected chi connectivity index (χ0v) is 20.5. The molecule has 0 aliphatic rings. The molecule has 0 heterocycles. The van der Waals surface area contributed by atoms with Crippen LogP contribution in [0.3, 0.4) is 0 Å². The first kappa shape index (κ1) is 30.8. The molecule has 0 amide bonds. The van der Waals surface area contributed by atoms with Crippen molar-refractivity contribution < 1.29 is 113 Å². The van der Waals surface area contributed by atoms with Crippen LogP contribution in [0.25, 0.3) is 0 Å². The third-order valence-electron chi connectivity index (χ3n) is 2.40. The second kappa shape index (κ2) is 18.3. The number of nitrogens with one attached hydrogen (secondary N) is 1. The smallest absolute Gasteiger partial charge is 0.881 e. The van der Waals surface area contributed by atoms with Gasteiger partial charge in [0.15, 0.2) is 0 Å². The molecule has 0 fully saturated rings. The van der Waals surface area contributed by atoms with Crippen LogP contribution in [0.1, 0.15) is 26.7 Å². The molecule has 0 rings (SSSR count). The van der Waals surface area contributed by atoms with Crippen molar-refractivity contribution in [1.82, 2.24) is 5.32 Å². The molecule has 0 spiro atoms. The van der Waals surface area contributed by atoms with E-state index in [4.69, 9.17) is 4.74 Å². The van der Waals surface area contributed by atoms with Crippen LogP contribution >= 0.6 is 0 Å². The number of hydrogen-bond donors (Lipinski definition) is 2. The number of rotatable bonds is 10. The van der Waals surface area contributed by atoms with Gasteiger partial charge in [0.25, 0.3) is 0 Å². The zero-order chi connectivity index (χ0) is 13.3. The van der Waals surface area contributed by atoms with E-state index in [0.717, 1.165) is 6.42 Å². The van der Waals surface area contributed by atoms with Gasteiger partial charge in [-0.2, -0.15) is 0 Å². The van der Waals surface area contributed by atoms with Crippen molar-refractivity contribution >= 4 is 8.80 Å². The molecule has 0 aromatic carbocycles. The Morgan fingerprint density at radius 1 is 1.20 bits per heavy atom. The van der Waals surface area contributed by atoms with Gasteiger partial charge >= 0.3 is 88.7 Å². The second-order valence-corrected chi connectivity index (χ2v) is 6.10. The third kappa shape index (κ3) is 23.2. The van der Waals surface area contributed by atoms with E-state index in [1.807, 2.05) is 13.8 Å². The van der Waals surface area contributed by atoms with E-state index in [2.05, 4.69) is 5.32 Å². The molecule has 10 heteroatoms. The minimum absolute atomic E-state index is 0. The predicted octanol–water partition coefficient (Wildman–Crippen LogP) is -11.8. The number of aliphatic hydroxyl groups excluding tert-OH is 1. The number of ether oxygens (including phenoxy) is 1. The summed E-state index contributed by atoms with van der Waals surface area (Å²) in [4.78, 5) is 31.0. The summed E-state index contributed by atoms with van der Waals surface area (Å²) < 4.78 is 5.07. The molecular weight excluding hydrogens is 311 g/mol. The molecule has 0 radical (unpaired) electrons. The maximum absolute atomic E-state index is 10.3. The molecule has 0 aliphatic heterocycles. The van der Waals surface area contributed by atoms with Crippen LogP contribution in [0.5, 0.6) is 0 Å². The van der Waals surface area contributed by atoms with Crippen LogP contribution < -0.4 is 108 Å². The first-order chi connectivity index (χ1) is 7.85. The second-order valence-electron chi connectivity index (χ2n) is 4.23. The first-order valence-electron chi connectivity index (χ1n) is 5.95. The molecule has 20 heavy (non-hydrogen) atoms. The Balaban J connectivity index is -0.000000427. The van der Waals surface area contributed by atoms with Gasteiger partial charge in [0.05, 0.1) is 12.7 Å². The summed E-state index contributed by atoms with van der Waals surface area (Å²) in [6.07, 6.45) is 0.558. The fourth-order valence-corrected chi connectivity index (χ4v) is 1.73. The molecule has 0 aliphatic carbocycles. The van der Waals surface area contributed by atoms with Crippen molar-refractivity contribution in [2.45, 2.75) is 44.9 Å². The maximum atomic E-state index is 10.3. The van der Waals surface area contributed by atoms with E-state index >= 15 is 0 Å². The van der Waals surface area contributed by atoms with Crippen molar-refractivity contribution in [1.29, 1.82) is 0 Å². The summed E-state index contributed by atoms with van der Waals surface area (Å²) in [6.45, 7) is 4.84. The monoisotopic (exact) mass is 333 g/mol. The summed E-state index contributed by atoms with van der Waals surface area (Å²) >= 11 is 0. The van der Waals surface area contributed by atoms with E-state index in [9.17, 15) is 19.5 Å². The van der Waals surface area contributed by atoms with Gasteiger partial charge in [-0.1, -0.05) is 6.92 Å². The molecule has 2 unspecified atom stereocenters. The van der Waals surface area contributed by atoms with E-state index < -0.39 is 14.9 Å². The topological polar surface area (TPSA) is 111 Å². The Kier molecular flexibility index (Phi) is 28.2. The number of aliphatic hydroxyl groups is 1. The van der Waals surface area contributed by atoms with Crippen LogP contribution in [0.15, 0.2) is 0 Å². The van der Waals surface area contributed by atoms with Gasteiger partial charge < -0.3 is 29.5 Å². The van der Waals surface area contributed by atoms with Gasteiger partial charge in [0.2, 0.25) is 0 Å². The van der Waals surface area contributed by atoms with E-state index in [0.29, 0.717) is 12.6 Å².